The molecular formula is C24H22N6O5. The van der Waals surface area contributed by atoms with Crippen molar-refractivity contribution in [2.24, 2.45) is 0 Å². The van der Waals surface area contributed by atoms with Crippen molar-refractivity contribution in [3.05, 3.63) is 86.8 Å². The van der Waals surface area contributed by atoms with E-state index in [1.54, 1.807) is 22.8 Å². The molecule has 0 unspecified atom stereocenters. The van der Waals surface area contributed by atoms with Gasteiger partial charge >= 0.3 is 11.8 Å². The number of aromatic amines is 1. The van der Waals surface area contributed by atoms with Gasteiger partial charge in [0.2, 0.25) is 5.91 Å². The number of amides is 2. The summed E-state index contributed by atoms with van der Waals surface area (Å²) in [6.07, 6.45) is 0.181. The molecule has 0 radical (unpaired) electrons. The summed E-state index contributed by atoms with van der Waals surface area (Å²) in [5.41, 5.74) is 0.826. The first-order valence-electron chi connectivity index (χ1n) is 11.1. The standard InChI is InChI=1S/C24H22N6O5/c31-19(25-16-8-4-5-9-17(16)26-24(34)35)12-18-27-21-20(29(18)13-14-6-2-1-3-7-14)22(32)28-23(33)30(21)15-10-11-15/h1-9,15,26H,10-13H2,(H,25,31)(H,34,35)(H,28,32,33). The molecule has 1 fully saturated rings. The Hall–Kier alpha value is -4.67. The monoisotopic (exact) mass is 474 g/mol. The number of hydrogen-bond donors (Lipinski definition) is 4. The summed E-state index contributed by atoms with van der Waals surface area (Å²) in [4.78, 5) is 56.4. The number of anilines is 2. The number of benzene rings is 2. The number of imidazole rings is 1. The van der Waals surface area contributed by atoms with Crippen LogP contribution in [0.5, 0.6) is 0 Å². The van der Waals surface area contributed by atoms with Crippen LogP contribution in [0.2, 0.25) is 0 Å². The lowest BCUT2D eigenvalue weighted by Crippen LogP contribution is -2.30. The Morgan fingerprint density at radius 2 is 1.66 bits per heavy atom. The Kier molecular flexibility index (Phi) is 5.65. The van der Waals surface area contributed by atoms with E-state index in [1.165, 1.54) is 10.6 Å². The number of carbonyl (C=O) groups excluding carboxylic acids is 1. The number of carbonyl (C=O) groups is 2. The summed E-state index contributed by atoms with van der Waals surface area (Å²) in [7, 11) is 0. The van der Waals surface area contributed by atoms with E-state index in [9.17, 15) is 19.2 Å². The minimum Gasteiger partial charge on any atom is -0.465 e. The van der Waals surface area contributed by atoms with E-state index in [2.05, 4.69) is 20.6 Å². The Bertz CT molecular complexity index is 1550. The van der Waals surface area contributed by atoms with Crippen LogP contribution in [0.25, 0.3) is 11.2 Å². The number of H-pyrrole nitrogens is 1. The van der Waals surface area contributed by atoms with E-state index >= 15 is 0 Å². The molecule has 2 aromatic carbocycles. The van der Waals surface area contributed by atoms with Crippen LogP contribution in [-0.2, 0) is 17.8 Å². The first-order chi connectivity index (χ1) is 16.9. The van der Waals surface area contributed by atoms with E-state index < -0.39 is 23.2 Å². The van der Waals surface area contributed by atoms with Crippen molar-refractivity contribution in [2.75, 3.05) is 10.6 Å². The maximum Gasteiger partial charge on any atom is 0.409 e. The van der Waals surface area contributed by atoms with Gasteiger partial charge in [-0.25, -0.2) is 14.6 Å². The number of aromatic nitrogens is 4. The fourth-order valence-corrected chi connectivity index (χ4v) is 4.09. The zero-order chi connectivity index (χ0) is 24.5. The minimum absolute atomic E-state index is 0.0300. The molecule has 0 atom stereocenters. The number of rotatable bonds is 7. The molecule has 11 heteroatoms. The van der Waals surface area contributed by atoms with Gasteiger partial charge in [-0.05, 0) is 30.5 Å². The highest BCUT2D eigenvalue weighted by molar-refractivity contribution is 5.98. The van der Waals surface area contributed by atoms with Gasteiger partial charge in [-0.2, -0.15) is 0 Å². The third kappa shape index (κ3) is 4.56. The zero-order valence-corrected chi connectivity index (χ0v) is 18.5. The topological polar surface area (TPSA) is 151 Å². The van der Waals surface area contributed by atoms with E-state index in [-0.39, 0.29) is 35.9 Å². The molecule has 4 aromatic rings. The number of hydrogen-bond acceptors (Lipinski definition) is 5. The lowest BCUT2D eigenvalue weighted by Gasteiger charge is -2.12. The number of fused-ring (bicyclic) bond motifs is 1. The van der Waals surface area contributed by atoms with Crippen LogP contribution in [0.15, 0.2) is 64.2 Å². The van der Waals surface area contributed by atoms with Crippen molar-refractivity contribution in [1.82, 2.24) is 19.1 Å². The van der Waals surface area contributed by atoms with Crippen molar-refractivity contribution >= 4 is 34.5 Å². The van der Waals surface area contributed by atoms with Gasteiger partial charge in [0.25, 0.3) is 5.56 Å². The quantitative estimate of drug-likeness (QED) is 0.323. The predicted molar refractivity (Wildman–Crippen MR) is 129 cm³/mol. The van der Waals surface area contributed by atoms with Crippen molar-refractivity contribution in [1.29, 1.82) is 0 Å². The molecule has 11 nitrogen and oxygen atoms in total. The van der Waals surface area contributed by atoms with Gasteiger partial charge < -0.3 is 15.0 Å². The van der Waals surface area contributed by atoms with Crippen LogP contribution in [0, 0.1) is 0 Å². The van der Waals surface area contributed by atoms with E-state index in [0.29, 0.717) is 11.5 Å². The highest BCUT2D eigenvalue weighted by atomic mass is 16.4. The Balaban J connectivity index is 1.55. The average Bonchev–Trinajstić information content (AvgIpc) is 3.58. The van der Waals surface area contributed by atoms with E-state index in [1.807, 2.05) is 30.3 Å². The normalized spacial score (nSPS) is 13.0. The summed E-state index contributed by atoms with van der Waals surface area (Å²) >= 11 is 0. The van der Waals surface area contributed by atoms with Crippen LogP contribution in [0.1, 0.15) is 30.3 Å². The van der Waals surface area contributed by atoms with Crippen LogP contribution in [-0.4, -0.2) is 36.2 Å². The molecular weight excluding hydrogens is 452 g/mol. The predicted octanol–water partition coefficient (Wildman–Crippen LogP) is 2.54. The number of para-hydroxylation sites is 2. The van der Waals surface area contributed by atoms with Crippen molar-refractivity contribution in [2.45, 2.75) is 31.8 Å². The number of nitrogens with one attached hydrogen (secondary N) is 3. The lowest BCUT2D eigenvalue weighted by molar-refractivity contribution is -0.115. The SMILES string of the molecule is O=C(O)Nc1ccccc1NC(=O)Cc1nc2c(c(=O)[nH]c(=O)n2C2CC2)n1Cc1ccccc1. The van der Waals surface area contributed by atoms with Gasteiger partial charge in [-0.1, -0.05) is 42.5 Å². The number of nitrogens with zero attached hydrogens (tertiary/aromatic N) is 3. The summed E-state index contributed by atoms with van der Waals surface area (Å²) in [5.74, 6) is -0.137. The van der Waals surface area contributed by atoms with Crippen LogP contribution < -0.4 is 21.9 Å². The summed E-state index contributed by atoms with van der Waals surface area (Å²) in [6.45, 7) is 0.281. The summed E-state index contributed by atoms with van der Waals surface area (Å²) < 4.78 is 3.15. The van der Waals surface area contributed by atoms with Gasteiger partial charge in [0.1, 0.15) is 5.82 Å². The third-order valence-corrected chi connectivity index (χ3v) is 5.77. The molecule has 1 aliphatic rings. The second-order valence-electron chi connectivity index (χ2n) is 8.33. The highest BCUT2D eigenvalue weighted by Gasteiger charge is 2.30. The van der Waals surface area contributed by atoms with E-state index in [0.717, 1.165) is 18.4 Å². The molecule has 178 valence electrons. The van der Waals surface area contributed by atoms with Gasteiger partial charge in [-0.15, -0.1) is 0 Å². The van der Waals surface area contributed by atoms with Crippen molar-refractivity contribution in [3.63, 3.8) is 0 Å². The molecule has 1 aliphatic carbocycles. The van der Waals surface area contributed by atoms with Crippen molar-refractivity contribution in [3.8, 4) is 0 Å². The zero-order valence-electron chi connectivity index (χ0n) is 18.5. The summed E-state index contributed by atoms with van der Waals surface area (Å²) in [5, 5.41) is 14.0. The molecule has 0 aliphatic heterocycles. The first kappa shape index (κ1) is 22.1. The molecule has 35 heavy (non-hydrogen) atoms. The molecule has 1 saturated carbocycles. The second-order valence-corrected chi connectivity index (χ2v) is 8.33. The Labute approximate surface area is 198 Å². The van der Waals surface area contributed by atoms with Gasteiger partial charge in [0.15, 0.2) is 11.2 Å². The molecule has 0 bridgehead atoms. The van der Waals surface area contributed by atoms with Crippen molar-refractivity contribution < 1.29 is 14.7 Å². The molecule has 2 amide bonds. The molecule has 2 heterocycles. The first-order valence-corrected chi connectivity index (χ1v) is 11.1. The largest absolute Gasteiger partial charge is 0.465 e. The Morgan fingerprint density at radius 1 is 1.00 bits per heavy atom. The van der Waals surface area contributed by atoms with Gasteiger partial charge in [0.05, 0.1) is 17.8 Å². The van der Waals surface area contributed by atoms with Crippen LogP contribution in [0.3, 0.4) is 0 Å². The minimum atomic E-state index is -1.26. The smallest absolute Gasteiger partial charge is 0.409 e. The second kappa shape index (κ2) is 8.93. The third-order valence-electron chi connectivity index (χ3n) is 5.77. The van der Waals surface area contributed by atoms with Crippen LogP contribution in [0.4, 0.5) is 16.2 Å². The maximum atomic E-state index is 13.0. The molecule has 0 saturated heterocycles. The average molecular weight is 474 g/mol. The van der Waals surface area contributed by atoms with Crippen LogP contribution >= 0.6 is 0 Å². The number of carboxylic acid groups (broad SMARTS) is 1. The summed E-state index contributed by atoms with van der Waals surface area (Å²) in [6, 6.07) is 15.8. The molecule has 5 rings (SSSR count). The molecule has 2 aromatic heterocycles. The molecule has 0 spiro atoms. The fraction of sp³-hybridized carbons (Fsp3) is 0.208. The highest BCUT2D eigenvalue weighted by Crippen LogP contribution is 2.35. The van der Waals surface area contributed by atoms with Gasteiger partial charge in [-0.3, -0.25) is 24.5 Å². The fourth-order valence-electron chi connectivity index (χ4n) is 4.09. The lowest BCUT2D eigenvalue weighted by atomic mass is 10.2. The Morgan fingerprint density at radius 3 is 2.31 bits per heavy atom. The van der Waals surface area contributed by atoms with E-state index in [4.69, 9.17) is 5.11 Å². The maximum absolute atomic E-state index is 13.0. The molecule has 4 N–H and O–H groups in total. The van der Waals surface area contributed by atoms with Gasteiger partial charge in [0, 0.05) is 12.6 Å².